The molecule has 0 saturated heterocycles. The third kappa shape index (κ3) is 6.78. The highest BCUT2D eigenvalue weighted by atomic mass is 127. The lowest BCUT2D eigenvalue weighted by Gasteiger charge is -2.25. The fraction of sp³-hybridized carbons (Fsp3) is 0.450. The lowest BCUT2D eigenvalue weighted by molar-refractivity contribution is 0.518. The van der Waals surface area contributed by atoms with Gasteiger partial charge in [-0.3, -0.25) is 0 Å². The molecular weight excluding hydrogens is 515 g/mol. The number of aliphatic imine (C=N–C) groups is 1. The van der Waals surface area contributed by atoms with Crippen LogP contribution in [0.4, 0.5) is 0 Å². The van der Waals surface area contributed by atoms with Gasteiger partial charge in [0.25, 0.3) is 0 Å². The minimum Gasteiger partial charge on any atom is -0.356 e. The summed E-state index contributed by atoms with van der Waals surface area (Å²) >= 11 is 3.58. The largest absolute Gasteiger partial charge is 0.356 e. The summed E-state index contributed by atoms with van der Waals surface area (Å²) in [5.41, 5.74) is 0.0335. The lowest BCUT2D eigenvalue weighted by Crippen LogP contribution is -2.44. The summed E-state index contributed by atoms with van der Waals surface area (Å²) in [4.78, 5) is 7.48. The second kappa shape index (κ2) is 11.1. The first-order valence-electron chi connectivity index (χ1n) is 9.39. The summed E-state index contributed by atoms with van der Waals surface area (Å²) in [6.45, 7) is 8.58. The topological polar surface area (TPSA) is 67.1 Å². The molecule has 2 N–H and O–H groups in total. The standard InChI is InChI=1S/C20H28N6S2.HI/c1-15-24-25-18(26(15)4)13-22-19(21-10-9-16-7-5-11-27-16)23-14-20(2,3)17-8-6-12-28-17;/h5-8,11-12H,9-10,13-14H2,1-4H3,(H2,21,22,23);1H. The Labute approximate surface area is 197 Å². The number of thiophene rings is 2. The van der Waals surface area contributed by atoms with Gasteiger partial charge in [0.1, 0.15) is 12.4 Å². The van der Waals surface area contributed by atoms with Gasteiger partial charge in [0.2, 0.25) is 0 Å². The summed E-state index contributed by atoms with van der Waals surface area (Å²) in [5, 5.41) is 19.5. The maximum atomic E-state index is 4.75. The highest BCUT2D eigenvalue weighted by Gasteiger charge is 2.22. The number of hydrogen-bond donors (Lipinski definition) is 2. The Kier molecular flexibility index (Phi) is 9.09. The van der Waals surface area contributed by atoms with Crippen LogP contribution in [-0.2, 0) is 25.4 Å². The van der Waals surface area contributed by atoms with E-state index in [2.05, 4.69) is 69.7 Å². The predicted molar refractivity (Wildman–Crippen MR) is 134 cm³/mol. The van der Waals surface area contributed by atoms with E-state index in [1.165, 1.54) is 9.75 Å². The number of rotatable bonds is 8. The van der Waals surface area contributed by atoms with E-state index in [1.54, 1.807) is 22.7 Å². The SMILES string of the molecule is Cc1nnc(CN=C(NCCc2cccs2)NCC(C)(C)c2cccs2)n1C.I. The molecule has 0 aliphatic carbocycles. The molecule has 0 radical (unpaired) electrons. The zero-order valence-corrected chi connectivity index (χ0v) is 21.3. The minimum atomic E-state index is 0. The minimum absolute atomic E-state index is 0. The van der Waals surface area contributed by atoms with Gasteiger partial charge in [0.05, 0.1) is 0 Å². The Morgan fingerprint density at radius 1 is 1.14 bits per heavy atom. The summed E-state index contributed by atoms with van der Waals surface area (Å²) < 4.78 is 1.97. The van der Waals surface area contributed by atoms with E-state index in [0.29, 0.717) is 6.54 Å². The summed E-state index contributed by atoms with van der Waals surface area (Å²) in [6, 6.07) is 8.55. The second-order valence-corrected chi connectivity index (χ2v) is 9.34. The van der Waals surface area contributed by atoms with Crippen molar-refractivity contribution in [1.82, 2.24) is 25.4 Å². The number of halogens is 1. The van der Waals surface area contributed by atoms with Crippen LogP contribution in [-0.4, -0.2) is 33.8 Å². The van der Waals surface area contributed by atoms with Crippen molar-refractivity contribution in [3.8, 4) is 0 Å². The van der Waals surface area contributed by atoms with Gasteiger partial charge < -0.3 is 15.2 Å². The van der Waals surface area contributed by atoms with Crippen molar-refractivity contribution in [2.75, 3.05) is 13.1 Å². The third-order valence-corrected chi connectivity index (χ3v) is 6.86. The Morgan fingerprint density at radius 2 is 1.90 bits per heavy atom. The highest BCUT2D eigenvalue weighted by Crippen LogP contribution is 2.26. The van der Waals surface area contributed by atoms with Gasteiger partial charge in [-0.25, -0.2) is 4.99 Å². The summed E-state index contributed by atoms with van der Waals surface area (Å²) in [6.07, 6.45) is 0.982. The van der Waals surface area contributed by atoms with Crippen LogP contribution in [0.2, 0.25) is 0 Å². The quantitative estimate of drug-likeness (QED) is 0.255. The fourth-order valence-corrected chi connectivity index (χ4v) is 4.29. The molecule has 6 nitrogen and oxygen atoms in total. The van der Waals surface area contributed by atoms with Crippen LogP contribution in [0.1, 0.15) is 35.3 Å². The Hall–Kier alpha value is -1.46. The van der Waals surface area contributed by atoms with E-state index in [4.69, 9.17) is 4.99 Å². The van der Waals surface area contributed by atoms with Crippen LogP contribution in [0.25, 0.3) is 0 Å². The molecule has 3 aromatic rings. The van der Waals surface area contributed by atoms with Gasteiger partial charge in [-0.1, -0.05) is 26.0 Å². The van der Waals surface area contributed by atoms with Gasteiger partial charge in [0, 0.05) is 35.3 Å². The van der Waals surface area contributed by atoms with E-state index in [9.17, 15) is 0 Å². The molecule has 0 unspecified atom stereocenters. The van der Waals surface area contributed by atoms with Crippen LogP contribution in [0.5, 0.6) is 0 Å². The van der Waals surface area contributed by atoms with Gasteiger partial charge >= 0.3 is 0 Å². The first-order chi connectivity index (χ1) is 13.5. The van der Waals surface area contributed by atoms with E-state index >= 15 is 0 Å². The molecule has 0 saturated carbocycles. The zero-order chi connectivity index (χ0) is 20.0. The molecule has 0 aliphatic rings. The molecule has 9 heteroatoms. The zero-order valence-electron chi connectivity index (χ0n) is 17.3. The first-order valence-corrected chi connectivity index (χ1v) is 11.1. The number of guanidine groups is 1. The van der Waals surface area contributed by atoms with Gasteiger partial charge in [-0.05, 0) is 36.2 Å². The van der Waals surface area contributed by atoms with E-state index < -0.39 is 0 Å². The third-order valence-electron chi connectivity index (χ3n) is 4.69. The smallest absolute Gasteiger partial charge is 0.191 e. The van der Waals surface area contributed by atoms with Gasteiger partial charge in [0.15, 0.2) is 11.8 Å². The molecule has 3 rings (SSSR count). The molecule has 0 amide bonds. The van der Waals surface area contributed by atoms with Crippen molar-refractivity contribution >= 4 is 52.6 Å². The Bertz CT molecular complexity index is 884. The maximum absolute atomic E-state index is 4.75. The van der Waals surface area contributed by atoms with Crippen molar-refractivity contribution in [2.45, 2.75) is 39.2 Å². The molecule has 0 aromatic carbocycles. The normalized spacial score (nSPS) is 11.9. The van der Waals surface area contributed by atoms with Crippen LogP contribution in [0.15, 0.2) is 40.0 Å². The molecule has 158 valence electrons. The molecule has 0 atom stereocenters. The molecule has 0 bridgehead atoms. The second-order valence-electron chi connectivity index (χ2n) is 7.36. The van der Waals surface area contributed by atoms with Crippen molar-refractivity contribution in [1.29, 1.82) is 0 Å². The fourth-order valence-electron chi connectivity index (χ4n) is 2.73. The predicted octanol–water partition coefficient (Wildman–Crippen LogP) is 4.12. The van der Waals surface area contributed by atoms with Crippen LogP contribution in [0, 0.1) is 6.92 Å². The average Bonchev–Trinajstić information content (AvgIpc) is 3.42. The van der Waals surface area contributed by atoms with Crippen LogP contribution < -0.4 is 10.6 Å². The maximum Gasteiger partial charge on any atom is 0.191 e. The van der Waals surface area contributed by atoms with Crippen molar-refractivity contribution in [2.24, 2.45) is 12.0 Å². The monoisotopic (exact) mass is 544 g/mol. The number of aryl methyl sites for hydroxylation is 1. The van der Waals surface area contributed by atoms with Crippen molar-refractivity contribution in [3.05, 3.63) is 56.4 Å². The summed E-state index contributed by atoms with van der Waals surface area (Å²) in [5.74, 6) is 2.56. The van der Waals surface area contributed by atoms with Crippen LogP contribution in [0.3, 0.4) is 0 Å². The molecule has 0 spiro atoms. The Balaban J connectivity index is 0.00000300. The van der Waals surface area contributed by atoms with E-state index in [1.807, 2.05) is 18.5 Å². The molecular formula is C20H29IN6S2. The van der Waals surface area contributed by atoms with Crippen molar-refractivity contribution in [3.63, 3.8) is 0 Å². The molecule has 29 heavy (non-hydrogen) atoms. The highest BCUT2D eigenvalue weighted by molar-refractivity contribution is 14.0. The first kappa shape index (κ1) is 23.8. The number of nitrogens with zero attached hydrogens (tertiary/aromatic N) is 4. The van der Waals surface area contributed by atoms with E-state index in [-0.39, 0.29) is 29.4 Å². The van der Waals surface area contributed by atoms with Crippen molar-refractivity contribution < 1.29 is 0 Å². The van der Waals surface area contributed by atoms with E-state index in [0.717, 1.165) is 37.1 Å². The molecule has 3 aromatic heterocycles. The van der Waals surface area contributed by atoms with Crippen LogP contribution >= 0.6 is 46.7 Å². The number of hydrogen-bond acceptors (Lipinski definition) is 5. The molecule has 0 aliphatic heterocycles. The number of nitrogens with one attached hydrogen (secondary N) is 2. The molecule has 3 heterocycles. The number of aromatic nitrogens is 3. The summed E-state index contributed by atoms with van der Waals surface area (Å²) in [7, 11) is 1.97. The van der Waals surface area contributed by atoms with Gasteiger partial charge in [-0.15, -0.1) is 56.8 Å². The van der Waals surface area contributed by atoms with Gasteiger partial charge in [-0.2, -0.15) is 0 Å². The molecule has 0 fully saturated rings. The average molecular weight is 545 g/mol. The Morgan fingerprint density at radius 3 is 2.52 bits per heavy atom. The lowest BCUT2D eigenvalue weighted by atomic mass is 9.91.